The molecule has 0 amide bonds. The van der Waals surface area contributed by atoms with Gasteiger partial charge in [-0.25, -0.2) is 4.79 Å². The number of aryl methyl sites for hydroxylation is 1. The molecule has 0 aliphatic rings. The van der Waals surface area contributed by atoms with Gasteiger partial charge in [0.1, 0.15) is 5.75 Å². The molecule has 0 unspecified atom stereocenters. The zero-order chi connectivity index (χ0) is 11.7. The van der Waals surface area contributed by atoms with Gasteiger partial charge in [0.05, 0.1) is 16.9 Å². The lowest BCUT2D eigenvalue weighted by atomic mass is 10.1. The number of thiophene rings is 1. The molecule has 0 aliphatic carbocycles. The largest absolute Gasteiger partial charge is 0.506 e. The van der Waals surface area contributed by atoms with Crippen molar-refractivity contribution in [3.05, 3.63) is 28.6 Å². The third kappa shape index (κ3) is 1.76. The van der Waals surface area contributed by atoms with Gasteiger partial charge in [0, 0.05) is 0 Å². The second-order valence-electron chi connectivity index (χ2n) is 3.51. The zero-order valence-corrected chi connectivity index (χ0v) is 9.93. The number of hydrogen-bond acceptors (Lipinski definition) is 4. The number of carbonyl (C=O) groups excluding carboxylic acids is 1. The van der Waals surface area contributed by atoms with Crippen LogP contribution in [-0.2, 0) is 4.74 Å². The maximum atomic E-state index is 11.5. The molecule has 0 saturated heterocycles. The number of phenols is 1. The lowest BCUT2D eigenvalue weighted by Crippen LogP contribution is -2.04. The summed E-state index contributed by atoms with van der Waals surface area (Å²) in [6.07, 6.45) is 0. The molecule has 84 valence electrons. The predicted molar refractivity (Wildman–Crippen MR) is 64.2 cm³/mol. The minimum Gasteiger partial charge on any atom is -0.506 e. The molecule has 0 aliphatic heterocycles. The van der Waals surface area contributed by atoms with Gasteiger partial charge < -0.3 is 9.84 Å². The van der Waals surface area contributed by atoms with E-state index in [0.29, 0.717) is 12.2 Å². The molecule has 1 aromatic heterocycles. The molecule has 1 N–H and O–H groups in total. The summed E-state index contributed by atoms with van der Waals surface area (Å²) in [5.74, 6) is -0.260. The molecule has 0 saturated carbocycles. The SMILES string of the molecule is CCOC(=O)c1cc(O)c2scc(C)c2c1. The van der Waals surface area contributed by atoms with E-state index < -0.39 is 5.97 Å². The van der Waals surface area contributed by atoms with Crippen molar-refractivity contribution in [1.29, 1.82) is 0 Å². The lowest BCUT2D eigenvalue weighted by Gasteiger charge is -2.03. The van der Waals surface area contributed by atoms with Crippen LogP contribution in [0.25, 0.3) is 10.1 Å². The van der Waals surface area contributed by atoms with Crippen molar-refractivity contribution >= 4 is 27.4 Å². The van der Waals surface area contributed by atoms with Gasteiger partial charge in [-0.1, -0.05) is 0 Å². The van der Waals surface area contributed by atoms with Crippen molar-refractivity contribution in [2.45, 2.75) is 13.8 Å². The maximum absolute atomic E-state index is 11.5. The fraction of sp³-hybridized carbons (Fsp3) is 0.250. The van der Waals surface area contributed by atoms with Crippen LogP contribution in [0.3, 0.4) is 0 Å². The molecule has 16 heavy (non-hydrogen) atoms. The Labute approximate surface area is 97.3 Å². The molecule has 0 radical (unpaired) electrons. The molecule has 3 nitrogen and oxygen atoms in total. The Morgan fingerprint density at radius 2 is 2.25 bits per heavy atom. The summed E-state index contributed by atoms with van der Waals surface area (Å²) in [4.78, 5) is 11.5. The average Bonchev–Trinajstić information content (AvgIpc) is 2.61. The summed E-state index contributed by atoms with van der Waals surface area (Å²) < 4.78 is 5.71. The summed E-state index contributed by atoms with van der Waals surface area (Å²) in [6.45, 7) is 4.04. The third-order valence-corrected chi connectivity index (χ3v) is 3.50. The lowest BCUT2D eigenvalue weighted by molar-refractivity contribution is 0.0526. The Hall–Kier alpha value is -1.55. The Kier molecular flexibility index (Phi) is 2.83. The van der Waals surface area contributed by atoms with E-state index in [0.717, 1.165) is 15.6 Å². The summed E-state index contributed by atoms with van der Waals surface area (Å²) in [5, 5.41) is 12.7. The third-order valence-electron chi connectivity index (χ3n) is 2.36. The van der Waals surface area contributed by atoms with Gasteiger partial charge in [-0.3, -0.25) is 0 Å². The van der Waals surface area contributed by atoms with Crippen molar-refractivity contribution < 1.29 is 14.6 Å². The second kappa shape index (κ2) is 4.14. The van der Waals surface area contributed by atoms with Crippen molar-refractivity contribution in [3.63, 3.8) is 0 Å². The molecule has 0 atom stereocenters. The van der Waals surface area contributed by atoms with Gasteiger partial charge in [-0.15, -0.1) is 11.3 Å². The van der Waals surface area contributed by atoms with Crippen LogP contribution in [-0.4, -0.2) is 17.7 Å². The van der Waals surface area contributed by atoms with Gasteiger partial charge in [0.2, 0.25) is 0 Å². The van der Waals surface area contributed by atoms with E-state index in [1.165, 1.54) is 17.4 Å². The number of aromatic hydroxyl groups is 1. The van der Waals surface area contributed by atoms with E-state index in [4.69, 9.17) is 4.74 Å². The molecule has 0 bridgehead atoms. The van der Waals surface area contributed by atoms with Crippen LogP contribution in [0.4, 0.5) is 0 Å². The van der Waals surface area contributed by atoms with Crippen LogP contribution in [0.2, 0.25) is 0 Å². The molecule has 2 rings (SSSR count). The number of phenolic OH excluding ortho intramolecular Hbond substituents is 1. The van der Waals surface area contributed by atoms with E-state index >= 15 is 0 Å². The number of benzene rings is 1. The molecule has 1 aromatic carbocycles. The Balaban J connectivity index is 2.56. The molecular formula is C12H12O3S. The maximum Gasteiger partial charge on any atom is 0.338 e. The Bertz CT molecular complexity index is 542. The van der Waals surface area contributed by atoms with Crippen LogP contribution in [0.5, 0.6) is 5.75 Å². The van der Waals surface area contributed by atoms with E-state index in [1.807, 2.05) is 12.3 Å². The first-order valence-corrected chi connectivity index (χ1v) is 5.89. The number of ether oxygens (including phenoxy) is 1. The van der Waals surface area contributed by atoms with Crippen LogP contribution in [0.1, 0.15) is 22.8 Å². The minimum atomic E-state index is -0.398. The molecule has 0 spiro atoms. The number of rotatable bonds is 2. The van der Waals surface area contributed by atoms with Crippen LogP contribution in [0, 0.1) is 6.92 Å². The molecule has 1 heterocycles. The van der Waals surface area contributed by atoms with Crippen molar-refractivity contribution in [2.24, 2.45) is 0 Å². The molecule has 0 fully saturated rings. The summed E-state index contributed by atoms with van der Waals surface area (Å²) in [6, 6.07) is 3.22. The van der Waals surface area contributed by atoms with Gasteiger partial charge in [0.25, 0.3) is 0 Å². The predicted octanol–water partition coefficient (Wildman–Crippen LogP) is 3.09. The van der Waals surface area contributed by atoms with Crippen LogP contribution < -0.4 is 0 Å². The fourth-order valence-corrected chi connectivity index (χ4v) is 2.52. The summed E-state index contributed by atoms with van der Waals surface area (Å²) >= 11 is 1.47. The number of fused-ring (bicyclic) bond motifs is 1. The van der Waals surface area contributed by atoms with Crippen molar-refractivity contribution in [2.75, 3.05) is 6.61 Å². The quantitative estimate of drug-likeness (QED) is 0.815. The highest BCUT2D eigenvalue weighted by Gasteiger charge is 2.12. The molecule has 4 heteroatoms. The van der Waals surface area contributed by atoms with E-state index in [9.17, 15) is 9.90 Å². The van der Waals surface area contributed by atoms with E-state index in [1.54, 1.807) is 13.0 Å². The number of hydrogen-bond donors (Lipinski definition) is 1. The van der Waals surface area contributed by atoms with Crippen molar-refractivity contribution in [1.82, 2.24) is 0 Å². The average molecular weight is 236 g/mol. The Morgan fingerprint density at radius 1 is 1.50 bits per heavy atom. The second-order valence-corrected chi connectivity index (χ2v) is 4.39. The number of esters is 1. The van der Waals surface area contributed by atoms with Gasteiger partial charge in [0.15, 0.2) is 0 Å². The van der Waals surface area contributed by atoms with Crippen molar-refractivity contribution in [3.8, 4) is 5.75 Å². The van der Waals surface area contributed by atoms with Gasteiger partial charge in [-0.05, 0) is 42.3 Å². The van der Waals surface area contributed by atoms with Crippen LogP contribution >= 0.6 is 11.3 Å². The zero-order valence-electron chi connectivity index (χ0n) is 9.11. The topological polar surface area (TPSA) is 46.5 Å². The van der Waals surface area contributed by atoms with E-state index in [-0.39, 0.29) is 5.75 Å². The highest BCUT2D eigenvalue weighted by Crippen LogP contribution is 2.34. The van der Waals surface area contributed by atoms with E-state index in [2.05, 4.69) is 0 Å². The normalized spacial score (nSPS) is 10.6. The summed E-state index contributed by atoms with van der Waals surface area (Å²) in [7, 11) is 0. The minimum absolute atomic E-state index is 0.138. The highest BCUT2D eigenvalue weighted by molar-refractivity contribution is 7.17. The first-order valence-electron chi connectivity index (χ1n) is 5.01. The van der Waals surface area contributed by atoms with Crippen LogP contribution in [0.15, 0.2) is 17.5 Å². The first kappa shape index (κ1) is 11.0. The summed E-state index contributed by atoms with van der Waals surface area (Å²) in [5.41, 5.74) is 1.45. The van der Waals surface area contributed by atoms with Gasteiger partial charge in [-0.2, -0.15) is 0 Å². The monoisotopic (exact) mass is 236 g/mol. The smallest absolute Gasteiger partial charge is 0.338 e. The standard InChI is InChI=1S/C12H12O3S/c1-3-15-12(14)8-4-9-7(2)6-16-11(9)10(13)5-8/h4-6,13H,3H2,1-2H3. The highest BCUT2D eigenvalue weighted by atomic mass is 32.1. The first-order chi connectivity index (χ1) is 7.63. The molecular weight excluding hydrogens is 224 g/mol. The Morgan fingerprint density at radius 3 is 2.94 bits per heavy atom. The number of carbonyl (C=O) groups is 1. The molecule has 2 aromatic rings. The fourth-order valence-electron chi connectivity index (χ4n) is 1.57. The van der Waals surface area contributed by atoms with Gasteiger partial charge >= 0.3 is 5.97 Å².